The third-order valence-corrected chi connectivity index (χ3v) is 7.95. The zero-order valence-electron chi connectivity index (χ0n) is 19.7. The van der Waals surface area contributed by atoms with Crippen molar-refractivity contribution >= 4 is 34.4 Å². The number of hydrogen-bond acceptors (Lipinski definition) is 8. The van der Waals surface area contributed by atoms with Crippen molar-refractivity contribution in [3.8, 4) is 10.6 Å². The molecule has 0 aliphatic carbocycles. The monoisotopic (exact) mass is 472 g/mol. The third-order valence-electron chi connectivity index (χ3n) is 6.85. The van der Waals surface area contributed by atoms with Gasteiger partial charge in [0.1, 0.15) is 5.54 Å². The first-order chi connectivity index (χ1) is 15.7. The molecule has 0 spiro atoms. The van der Waals surface area contributed by atoms with E-state index in [1.165, 1.54) is 16.2 Å². The van der Waals surface area contributed by atoms with E-state index in [-0.39, 0.29) is 6.03 Å². The second-order valence-corrected chi connectivity index (χ2v) is 10.1. The number of rotatable bonds is 5. The minimum absolute atomic E-state index is 0.362. The summed E-state index contributed by atoms with van der Waals surface area (Å²) in [4.78, 5) is 45.5. The Bertz CT molecular complexity index is 1040. The summed E-state index contributed by atoms with van der Waals surface area (Å²) in [7, 11) is 4.19. The van der Waals surface area contributed by atoms with Crippen molar-refractivity contribution in [2.45, 2.75) is 51.1 Å². The van der Waals surface area contributed by atoms with Crippen LogP contribution in [0, 0.1) is 6.92 Å². The van der Waals surface area contributed by atoms with Crippen molar-refractivity contribution in [2.24, 2.45) is 5.73 Å². The first-order valence-corrected chi connectivity index (χ1v) is 12.1. The molecule has 4 rings (SSSR count). The molecule has 3 amide bonds. The summed E-state index contributed by atoms with van der Waals surface area (Å²) >= 11 is 1.36. The predicted octanol–water partition coefficient (Wildman–Crippen LogP) is 2.31. The van der Waals surface area contributed by atoms with Crippen LogP contribution in [0.4, 0.5) is 15.9 Å². The van der Waals surface area contributed by atoms with Crippen molar-refractivity contribution in [1.29, 1.82) is 0 Å². The molecule has 2 aliphatic heterocycles. The summed E-state index contributed by atoms with van der Waals surface area (Å²) < 4.78 is 0. The third kappa shape index (κ3) is 4.65. The van der Waals surface area contributed by atoms with Crippen molar-refractivity contribution in [2.75, 3.05) is 43.9 Å². The van der Waals surface area contributed by atoms with Gasteiger partial charge in [-0.15, -0.1) is 0 Å². The summed E-state index contributed by atoms with van der Waals surface area (Å²) in [5.41, 5.74) is 6.14. The number of aryl methyl sites for hydroxylation is 1. The van der Waals surface area contributed by atoms with E-state index in [4.69, 9.17) is 10.7 Å². The highest BCUT2D eigenvalue weighted by molar-refractivity contribution is 7.19. The molecule has 11 heteroatoms. The zero-order valence-corrected chi connectivity index (χ0v) is 20.5. The average molecular weight is 473 g/mol. The molecule has 0 saturated carbocycles. The Morgan fingerprint density at radius 1 is 1.27 bits per heavy atom. The van der Waals surface area contributed by atoms with Crippen LogP contribution < -0.4 is 16.0 Å². The standard InChI is InChI=1S/C22H32N8O2S/c1-14-17(16-6-10-24-19(26-16)29(4)15-7-12-28(3)13-8-15)33-20(25-14)27-21(32)30-11-5-9-22(30,2)18(23)31/h6,10,15H,5,7-9,11-13H2,1-4H3,(H2,23,31)(H,25,27,32)/t22-/m0/s1. The molecule has 33 heavy (non-hydrogen) atoms. The van der Waals surface area contributed by atoms with Gasteiger partial charge in [0.05, 0.1) is 16.3 Å². The van der Waals surface area contributed by atoms with Gasteiger partial charge in [-0.25, -0.2) is 19.7 Å². The lowest BCUT2D eigenvalue weighted by Gasteiger charge is -2.35. The van der Waals surface area contributed by atoms with Crippen LogP contribution >= 0.6 is 11.3 Å². The van der Waals surface area contributed by atoms with E-state index < -0.39 is 11.4 Å². The fourth-order valence-electron chi connectivity index (χ4n) is 4.58. The van der Waals surface area contributed by atoms with Gasteiger partial charge in [0, 0.05) is 25.8 Å². The molecule has 2 aromatic rings. The fourth-order valence-corrected chi connectivity index (χ4v) is 5.51. The van der Waals surface area contributed by atoms with E-state index in [0.29, 0.717) is 30.1 Å². The van der Waals surface area contributed by atoms with Crippen molar-refractivity contribution in [3.05, 3.63) is 18.0 Å². The maximum Gasteiger partial charge on any atom is 0.324 e. The zero-order chi connectivity index (χ0) is 23.8. The van der Waals surface area contributed by atoms with Gasteiger partial charge in [-0.1, -0.05) is 11.3 Å². The number of primary amides is 1. The topological polar surface area (TPSA) is 121 Å². The number of hydrogen-bond donors (Lipinski definition) is 2. The maximum atomic E-state index is 12.9. The Balaban J connectivity index is 1.50. The van der Waals surface area contributed by atoms with Gasteiger partial charge >= 0.3 is 6.03 Å². The molecule has 2 aliphatic rings. The molecule has 3 N–H and O–H groups in total. The average Bonchev–Trinajstić information content (AvgIpc) is 3.37. The van der Waals surface area contributed by atoms with E-state index in [0.717, 1.165) is 48.6 Å². The van der Waals surface area contributed by atoms with Crippen LogP contribution in [-0.4, -0.2) is 82.0 Å². The van der Waals surface area contributed by atoms with Gasteiger partial charge in [-0.05, 0) is 65.7 Å². The summed E-state index contributed by atoms with van der Waals surface area (Å²) in [5, 5.41) is 3.31. The number of amides is 3. The number of likely N-dealkylation sites (tertiary alicyclic amines) is 2. The van der Waals surface area contributed by atoms with Crippen molar-refractivity contribution < 1.29 is 9.59 Å². The summed E-state index contributed by atoms with van der Waals surface area (Å²) in [6.45, 7) is 6.23. The number of urea groups is 1. The summed E-state index contributed by atoms with van der Waals surface area (Å²) in [6.07, 6.45) is 5.23. The van der Waals surface area contributed by atoms with Gasteiger partial charge in [0.2, 0.25) is 11.9 Å². The number of nitrogens with one attached hydrogen (secondary N) is 1. The molecule has 2 fully saturated rings. The number of anilines is 2. The van der Waals surface area contributed by atoms with Gasteiger partial charge in [-0.2, -0.15) is 0 Å². The summed E-state index contributed by atoms with van der Waals surface area (Å²) in [5.74, 6) is 0.197. The van der Waals surface area contributed by atoms with E-state index in [9.17, 15) is 9.59 Å². The Morgan fingerprint density at radius 2 is 2.00 bits per heavy atom. The first kappa shape index (κ1) is 23.4. The van der Waals surface area contributed by atoms with Crippen LogP contribution in [0.2, 0.25) is 0 Å². The predicted molar refractivity (Wildman–Crippen MR) is 129 cm³/mol. The van der Waals surface area contributed by atoms with E-state index in [1.54, 1.807) is 13.1 Å². The Kier molecular flexibility index (Phi) is 6.53. The number of nitrogens with two attached hydrogens (primary N) is 1. The Labute approximate surface area is 198 Å². The first-order valence-electron chi connectivity index (χ1n) is 11.3. The van der Waals surface area contributed by atoms with Crippen LogP contribution in [0.25, 0.3) is 10.6 Å². The highest BCUT2D eigenvalue weighted by Gasteiger charge is 2.44. The smallest absolute Gasteiger partial charge is 0.324 e. The van der Waals surface area contributed by atoms with Gasteiger partial charge in [-0.3, -0.25) is 10.1 Å². The molecule has 0 bridgehead atoms. The number of aromatic nitrogens is 3. The van der Waals surface area contributed by atoms with Crippen LogP contribution in [-0.2, 0) is 4.79 Å². The van der Waals surface area contributed by atoms with Crippen LogP contribution in [0.5, 0.6) is 0 Å². The molecule has 2 aromatic heterocycles. The second kappa shape index (κ2) is 9.22. The van der Waals surface area contributed by atoms with E-state index in [2.05, 4.69) is 32.1 Å². The van der Waals surface area contributed by atoms with Gasteiger partial charge < -0.3 is 20.4 Å². The van der Waals surface area contributed by atoms with Crippen LogP contribution in [0.1, 0.15) is 38.3 Å². The van der Waals surface area contributed by atoms with Crippen molar-refractivity contribution in [3.63, 3.8) is 0 Å². The lowest BCUT2D eigenvalue weighted by atomic mass is 9.98. The fraction of sp³-hybridized carbons (Fsp3) is 0.591. The second-order valence-electron chi connectivity index (χ2n) is 9.14. The quantitative estimate of drug-likeness (QED) is 0.685. The number of carbonyl (C=O) groups is 2. The number of carbonyl (C=O) groups excluding carboxylic acids is 2. The highest BCUT2D eigenvalue weighted by atomic mass is 32.1. The SMILES string of the molecule is Cc1nc(NC(=O)N2CCC[C@@]2(C)C(N)=O)sc1-c1ccnc(N(C)C2CCN(C)CC2)n1. The minimum Gasteiger partial charge on any atom is -0.368 e. The lowest BCUT2D eigenvalue weighted by molar-refractivity contribution is -0.126. The molecule has 0 radical (unpaired) electrons. The molecule has 178 valence electrons. The number of nitrogens with zero attached hydrogens (tertiary/aromatic N) is 6. The molecule has 0 aromatic carbocycles. The molecular weight excluding hydrogens is 440 g/mol. The number of piperidine rings is 1. The van der Waals surface area contributed by atoms with E-state index in [1.807, 2.05) is 20.0 Å². The highest BCUT2D eigenvalue weighted by Crippen LogP contribution is 2.34. The number of thiazole rings is 1. The van der Waals surface area contributed by atoms with Crippen LogP contribution in [0.15, 0.2) is 12.3 Å². The van der Waals surface area contributed by atoms with Gasteiger partial charge in [0.15, 0.2) is 5.13 Å². The molecule has 4 heterocycles. The largest absolute Gasteiger partial charge is 0.368 e. The van der Waals surface area contributed by atoms with Crippen molar-refractivity contribution in [1.82, 2.24) is 24.8 Å². The van der Waals surface area contributed by atoms with Crippen LogP contribution in [0.3, 0.4) is 0 Å². The molecule has 2 saturated heterocycles. The minimum atomic E-state index is -0.973. The van der Waals surface area contributed by atoms with E-state index >= 15 is 0 Å². The Morgan fingerprint density at radius 3 is 2.70 bits per heavy atom. The normalized spacial score (nSPS) is 21.9. The molecular formula is C22H32N8O2S. The summed E-state index contributed by atoms with van der Waals surface area (Å²) in [6, 6.07) is 1.91. The Hall–Kier alpha value is -2.79. The maximum absolute atomic E-state index is 12.9. The molecule has 10 nitrogen and oxygen atoms in total. The molecule has 0 unspecified atom stereocenters. The van der Waals surface area contributed by atoms with Gasteiger partial charge in [0.25, 0.3) is 0 Å². The lowest BCUT2D eigenvalue weighted by Crippen LogP contribution is -2.55. The molecule has 1 atom stereocenters.